The summed E-state index contributed by atoms with van der Waals surface area (Å²) in [5, 5.41) is 83.3. The second kappa shape index (κ2) is 35.6. The first kappa shape index (κ1) is 68.1. The van der Waals surface area contributed by atoms with Crippen LogP contribution in [0.5, 0.6) is 28.7 Å². The van der Waals surface area contributed by atoms with Gasteiger partial charge in [-0.3, -0.25) is 14.7 Å². The van der Waals surface area contributed by atoms with E-state index in [1.54, 1.807) is 0 Å². The summed E-state index contributed by atoms with van der Waals surface area (Å²) in [6, 6.07) is 28.9. The van der Waals surface area contributed by atoms with Crippen LogP contribution in [0, 0.1) is 39.9 Å². The molecule has 0 bridgehead atoms. The maximum absolute atomic E-state index is 12.5. The smallest absolute Gasteiger partial charge is 0.549 e. The van der Waals surface area contributed by atoms with Crippen LogP contribution in [-0.2, 0) is 56.4 Å². The van der Waals surface area contributed by atoms with Crippen molar-refractivity contribution in [3.8, 4) is 28.7 Å². The van der Waals surface area contributed by atoms with Crippen LogP contribution < -0.4 is 59.4 Å². The molecule has 0 spiro atoms. The topological polar surface area (TPSA) is 337 Å². The minimum absolute atomic E-state index is 0. The van der Waals surface area contributed by atoms with Gasteiger partial charge in [0.1, 0.15) is 55.2 Å². The van der Waals surface area contributed by atoms with Crippen LogP contribution in [0.2, 0.25) is 0 Å². The minimum atomic E-state index is -1.68. The van der Waals surface area contributed by atoms with Gasteiger partial charge in [0.2, 0.25) is 0 Å². The van der Waals surface area contributed by atoms with E-state index in [4.69, 9.17) is 23.7 Å². The first-order valence-electron chi connectivity index (χ1n) is 26.6. The summed E-state index contributed by atoms with van der Waals surface area (Å²) in [5.41, 5.74) is 3.79. The summed E-state index contributed by atoms with van der Waals surface area (Å²) < 4.78 is 30.2. The molecule has 0 aliphatic rings. The van der Waals surface area contributed by atoms with E-state index in [2.05, 4.69) is 13.8 Å². The van der Waals surface area contributed by atoms with Crippen molar-refractivity contribution in [2.45, 2.75) is 84.2 Å². The number of hydrogen-bond donors (Lipinski definition) is 0. The van der Waals surface area contributed by atoms with E-state index in [-0.39, 0.29) is 119 Å². The second-order valence-electron chi connectivity index (χ2n) is 19.4. The predicted molar refractivity (Wildman–Crippen MR) is 279 cm³/mol. The molecule has 1 atom stereocenters. The van der Waals surface area contributed by atoms with E-state index >= 15 is 0 Å². The normalized spacial score (nSPS) is 11.4. The van der Waals surface area contributed by atoms with Crippen LogP contribution in [0.4, 0.5) is 0 Å². The SMILES string of the molecule is CCCCc1ccc(COc2ccc(OCC(COc3ccc(OCc4ccc(CCCC)cc4)cc3C(=O)[O-])Oc3ccc(CC(CN(CCN(CC(=O)[O-])CC(=O)[O-])CC(=O)[O-])N(CC(=O)[O-])CC(=O)[O-])cc3)c(C(=O)[O-])c2)cc1.[Gd+3]. The van der Waals surface area contributed by atoms with Gasteiger partial charge in [-0.2, -0.15) is 0 Å². The third-order valence-corrected chi connectivity index (χ3v) is 12.8. The molecule has 445 valence electrons. The summed E-state index contributed by atoms with van der Waals surface area (Å²) in [6.45, 7) is -1.80. The zero-order chi connectivity index (χ0) is 59.6. The Bertz CT molecular complexity index is 2750. The largest absolute Gasteiger partial charge is 3.00 e. The monoisotopic (exact) mass is 1290 g/mol. The minimum Gasteiger partial charge on any atom is -0.549 e. The Hall–Kier alpha value is -7.41. The summed E-state index contributed by atoms with van der Waals surface area (Å²) in [4.78, 5) is 86.3. The molecule has 1 unspecified atom stereocenters. The maximum Gasteiger partial charge on any atom is 3.00 e. The maximum atomic E-state index is 12.5. The molecule has 0 aliphatic carbocycles. The first-order chi connectivity index (χ1) is 39.3. The second-order valence-corrected chi connectivity index (χ2v) is 19.4. The summed E-state index contributed by atoms with van der Waals surface area (Å²) in [7, 11) is 0. The Morgan fingerprint density at radius 1 is 0.446 bits per heavy atom. The molecule has 0 aliphatic heterocycles. The summed E-state index contributed by atoms with van der Waals surface area (Å²) in [6.07, 6.45) is 4.83. The van der Waals surface area contributed by atoms with Crippen LogP contribution in [0.3, 0.4) is 0 Å². The number of aliphatic carboxylic acids is 5. The number of carbonyl (C=O) groups is 7. The molecule has 0 saturated heterocycles. The Balaban J connectivity index is 0.0000148. The van der Waals surface area contributed by atoms with E-state index in [1.807, 2.05) is 48.5 Å². The Morgan fingerprint density at radius 3 is 1.22 bits per heavy atom. The predicted octanol–water partition coefficient (Wildman–Crippen LogP) is -2.27. The number of carbonyl (C=O) groups excluding carboxylic acids is 7. The number of ether oxygens (including phenoxy) is 5. The van der Waals surface area contributed by atoms with Gasteiger partial charge in [-0.25, -0.2) is 0 Å². The van der Waals surface area contributed by atoms with Gasteiger partial charge in [-0.05, 0) is 108 Å². The molecule has 5 aromatic carbocycles. The van der Waals surface area contributed by atoms with Gasteiger partial charge in [0.15, 0.2) is 6.10 Å². The summed E-state index contributed by atoms with van der Waals surface area (Å²) >= 11 is 0. The number of aromatic carboxylic acids is 2. The van der Waals surface area contributed by atoms with E-state index in [9.17, 15) is 69.3 Å². The van der Waals surface area contributed by atoms with Gasteiger partial charge in [0.25, 0.3) is 0 Å². The number of benzene rings is 5. The number of rotatable bonds is 40. The molecule has 0 saturated carbocycles. The van der Waals surface area contributed by atoms with Crippen molar-refractivity contribution in [2.75, 3.05) is 65.6 Å². The quantitative estimate of drug-likeness (QED) is 0.0399. The van der Waals surface area contributed by atoms with Crippen molar-refractivity contribution in [3.05, 3.63) is 148 Å². The Labute approximate surface area is 512 Å². The molecule has 0 aromatic heterocycles. The average molecular weight is 1290 g/mol. The van der Waals surface area contributed by atoms with Crippen molar-refractivity contribution in [1.82, 2.24) is 14.7 Å². The van der Waals surface area contributed by atoms with E-state index in [1.165, 1.54) is 76.7 Å². The molecule has 83 heavy (non-hydrogen) atoms. The number of carboxylic acids is 7. The molecule has 0 heterocycles. The van der Waals surface area contributed by atoms with Crippen molar-refractivity contribution < 1.29 is 133 Å². The van der Waals surface area contributed by atoms with Crippen LogP contribution in [0.25, 0.3) is 0 Å². The van der Waals surface area contributed by atoms with Gasteiger partial charge in [-0.1, -0.05) is 87.4 Å². The van der Waals surface area contributed by atoms with E-state index in [0.717, 1.165) is 59.5 Å². The molecule has 5 aromatic rings. The molecule has 5 rings (SSSR count). The van der Waals surface area contributed by atoms with Crippen molar-refractivity contribution in [3.63, 3.8) is 0 Å². The van der Waals surface area contributed by atoms with E-state index in [0.29, 0.717) is 5.56 Å². The van der Waals surface area contributed by atoms with Crippen LogP contribution in [0.1, 0.15) is 88.1 Å². The number of hydrogen-bond acceptors (Lipinski definition) is 22. The third-order valence-electron chi connectivity index (χ3n) is 12.8. The van der Waals surface area contributed by atoms with Gasteiger partial charge < -0.3 is 93.0 Å². The van der Waals surface area contributed by atoms with Gasteiger partial charge >= 0.3 is 39.9 Å². The fourth-order valence-electron chi connectivity index (χ4n) is 8.65. The van der Waals surface area contributed by atoms with Gasteiger partial charge in [0.05, 0.1) is 41.8 Å². The first-order valence-corrected chi connectivity index (χ1v) is 26.6. The molecular formula is C60H64GdN3O19-4. The van der Waals surface area contributed by atoms with Crippen molar-refractivity contribution in [1.29, 1.82) is 0 Å². The standard InChI is InChI=1S/C60H71N3O19.Gd/c1-3-5-7-40-9-13-43(14-10-40)36-78-47-21-23-52(50(28-47)59(74)75)80-38-49(39-81-53-24-22-48(29-51(53)60(76)77)79-37-44-15-11-41(12-16-44)8-6-4-2)82-46-19-17-42(18-20-46)27-45(63(34-57(70)71)35-58(72)73)30-61(31-54(64)65)25-26-62(32-55(66)67)33-56(68)69;/h9-24,28-29,45,49H,3-8,25-27,30-39H2,1-2H3,(H,64,65)(H,66,67)(H,68,69)(H,70,71)(H,72,73)(H,74,75)(H,76,77);/q;+3/p-7. The van der Waals surface area contributed by atoms with Crippen molar-refractivity contribution in [2.24, 2.45) is 0 Å². The Kier molecular flexibility index (Phi) is 29.2. The van der Waals surface area contributed by atoms with Crippen LogP contribution >= 0.6 is 0 Å². The average Bonchev–Trinajstić information content (AvgIpc) is 3.63. The fourth-order valence-corrected chi connectivity index (χ4v) is 8.65. The molecule has 0 N–H and O–H groups in total. The number of aryl methyl sites for hydroxylation is 2. The van der Waals surface area contributed by atoms with E-state index < -0.39 is 99.9 Å². The van der Waals surface area contributed by atoms with Crippen LogP contribution in [0.15, 0.2) is 109 Å². The molecule has 1 radical (unpaired) electrons. The van der Waals surface area contributed by atoms with Crippen molar-refractivity contribution >= 4 is 41.8 Å². The molecule has 0 amide bonds. The fraction of sp³-hybridized carbons (Fsp3) is 0.383. The van der Waals surface area contributed by atoms with Gasteiger partial charge in [-0.15, -0.1) is 0 Å². The molecule has 0 fully saturated rings. The number of carboxylic acid groups (broad SMARTS) is 7. The zero-order valence-corrected chi connectivity index (χ0v) is 48.2. The molecule has 22 nitrogen and oxygen atoms in total. The number of nitrogens with zero attached hydrogens (tertiary/aromatic N) is 3. The third kappa shape index (κ3) is 24.9. The van der Waals surface area contributed by atoms with Gasteiger partial charge in [0, 0.05) is 69.5 Å². The molecular weight excluding hydrogens is 1220 g/mol. The summed E-state index contributed by atoms with van der Waals surface area (Å²) in [5.74, 6) is -11.1. The number of unbranched alkanes of at least 4 members (excludes halogenated alkanes) is 2. The Morgan fingerprint density at radius 2 is 0.819 bits per heavy atom. The molecule has 23 heteroatoms. The van der Waals surface area contributed by atoms with Crippen LogP contribution in [-0.4, -0.2) is 134 Å². The zero-order valence-electron chi connectivity index (χ0n) is 45.9.